The fraction of sp³-hybridized carbons (Fsp3) is 0.222. The van der Waals surface area contributed by atoms with Crippen LogP contribution in [0.25, 0.3) is 0 Å². The smallest absolute Gasteiger partial charge is 0.307 e. The highest BCUT2D eigenvalue weighted by Crippen LogP contribution is 2.18. The van der Waals surface area contributed by atoms with Crippen LogP contribution in [0.5, 0.6) is 0 Å². The van der Waals surface area contributed by atoms with Crippen LogP contribution in [0, 0.1) is 10.1 Å². The topological polar surface area (TPSA) is 109 Å². The molecule has 2 rings (SSSR count). The largest absolute Gasteiger partial charge is 0.342 e. The molecule has 0 bridgehead atoms. The van der Waals surface area contributed by atoms with Crippen molar-refractivity contribution < 1.29 is 9.72 Å². The fourth-order valence-corrected chi connectivity index (χ4v) is 2.25. The van der Waals surface area contributed by atoms with Crippen molar-refractivity contribution in [2.24, 2.45) is 4.99 Å². The van der Waals surface area contributed by atoms with Gasteiger partial charge in [0.1, 0.15) is 5.82 Å². The molecule has 1 aliphatic rings. The van der Waals surface area contributed by atoms with Crippen molar-refractivity contribution in [3.63, 3.8) is 0 Å². The first kappa shape index (κ1) is 18.9. The molecule has 8 heteroatoms. The predicted octanol–water partition coefficient (Wildman–Crippen LogP) is 3.03. The summed E-state index contributed by atoms with van der Waals surface area (Å²) in [7, 11) is 0. The lowest BCUT2D eigenvalue weighted by Gasteiger charge is -2.14. The Morgan fingerprint density at radius 2 is 2.12 bits per heavy atom. The van der Waals surface area contributed by atoms with Crippen molar-refractivity contribution >= 4 is 23.1 Å². The number of hydrogen-bond donors (Lipinski definition) is 3. The summed E-state index contributed by atoms with van der Waals surface area (Å²) in [6.07, 6.45) is 4.88. The van der Waals surface area contributed by atoms with Crippen LogP contribution in [-0.2, 0) is 4.79 Å². The van der Waals surface area contributed by atoms with Crippen molar-refractivity contribution in [2.45, 2.75) is 26.3 Å². The highest BCUT2D eigenvalue weighted by atomic mass is 16.6. The maximum Gasteiger partial charge on any atom is 0.307 e. The molecule has 0 atom stereocenters. The van der Waals surface area contributed by atoms with E-state index in [0.29, 0.717) is 23.6 Å². The molecule has 1 aromatic carbocycles. The lowest BCUT2D eigenvalue weighted by molar-refractivity contribution is -0.415. The number of benzene rings is 1. The summed E-state index contributed by atoms with van der Waals surface area (Å²) in [6.45, 7) is 7.11. The Morgan fingerprint density at radius 3 is 2.77 bits per heavy atom. The average molecular weight is 355 g/mol. The fourth-order valence-electron chi connectivity index (χ4n) is 2.25. The molecule has 0 spiro atoms. The Labute approximate surface area is 151 Å². The van der Waals surface area contributed by atoms with Crippen LogP contribution >= 0.6 is 0 Å². The molecule has 136 valence electrons. The van der Waals surface area contributed by atoms with Crippen molar-refractivity contribution in [3.8, 4) is 0 Å². The molecule has 0 saturated carbocycles. The standard InChI is InChI=1S/C18H21N5O3/c1-4-17(24)21-14-8-5-7-13(11-14)20-16-10-6-9-15(23(25)26)18(22-16)19-12(2)3/h4-5,7-12,20H,1,6H2,2-3H3,(H,19,22)(H,21,24). The van der Waals surface area contributed by atoms with Crippen LogP contribution in [0.4, 0.5) is 11.4 Å². The summed E-state index contributed by atoms with van der Waals surface area (Å²) >= 11 is 0. The monoisotopic (exact) mass is 355 g/mol. The zero-order chi connectivity index (χ0) is 19.1. The van der Waals surface area contributed by atoms with Gasteiger partial charge in [-0.25, -0.2) is 0 Å². The van der Waals surface area contributed by atoms with Gasteiger partial charge in [-0.05, 0) is 50.6 Å². The van der Waals surface area contributed by atoms with Gasteiger partial charge in [0.25, 0.3) is 0 Å². The van der Waals surface area contributed by atoms with Gasteiger partial charge >= 0.3 is 5.70 Å². The van der Waals surface area contributed by atoms with Crippen molar-refractivity contribution in [1.29, 1.82) is 0 Å². The van der Waals surface area contributed by atoms with Crippen molar-refractivity contribution in [2.75, 3.05) is 10.6 Å². The summed E-state index contributed by atoms with van der Waals surface area (Å²) < 4.78 is 0. The molecule has 0 radical (unpaired) electrons. The van der Waals surface area contributed by atoms with E-state index >= 15 is 0 Å². The Balaban J connectivity index is 2.19. The van der Waals surface area contributed by atoms with Crippen LogP contribution in [0.2, 0.25) is 0 Å². The summed E-state index contributed by atoms with van der Waals surface area (Å²) in [6, 6.07) is 6.99. The van der Waals surface area contributed by atoms with E-state index < -0.39 is 4.92 Å². The maximum atomic E-state index is 11.4. The predicted molar refractivity (Wildman–Crippen MR) is 102 cm³/mol. The highest BCUT2D eigenvalue weighted by molar-refractivity contribution is 5.99. The van der Waals surface area contributed by atoms with E-state index in [2.05, 4.69) is 27.5 Å². The zero-order valence-electron chi connectivity index (χ0n) is 14.7. The molecule has 1 amide bonds. The minimum Gasteiger partial charge on any atom is -0.342 e. The quantitative estimate of drug-likeness (QED) is 0.413. The van der Waals surface area contributed by atoms with Crippen LogP contribution in [0.3, 0.4) is 0 Å². The van der Waals surface area contributed by atoms with E-state index in [4.69, 9.17) is 0 Å². The number of carbonyl (C=O) groups is 1. The van der Waals surface area contributed by atoms with E-state index in [0.717, 1.165) is 0 Å². The van der Waals surface area contributed by atoms with Gasteiger partial charge in [0.15, 0.2) is 0 Å². The molecule has 1 aromatic rings. The molecular formula is C18H21N5O3. The molecule has 8 nitrogen and oxygen atoms in total. The van der Waals surface area contributed by atoms with Crippen LogP contribution in [0.1, 0.15) is 20.3 Å². The van der Waals surface area contributed by atoms with Crippen molar-refractivity contribution in [1.82, 2.24) is 5.32 Å². The zero-order valence-corrected chi connectivity index (χ0v) is 14.7. The first-order valence-corrected chi connectivity index (χ1v) is 8.09. The Kier molecular flexibility index (Phi) is 6.26. The summed E-state index contributed by atoms with van der Waals surface area (Å²) in [4.78, 5) is 26.5. The number of nitrogens with zero attached hydrogens (tertiary/aromatic N) is 2. The van der Waals surface area contributed by atoms with E-state index in [1.165, 1.54) is 12.2 Å². The van der Waals surface area contributed by atoms with Gasteiger partial charge < -0.3 is 16.0 Å². The number of amides is 1. The normalized spacial score (nSPS) is 15.4. The number of amidine groups is 1. The third-order valence-corrected chi connectivity index (χ3v) is 3.31. The number of carbonyl (C=O) groups excluding carboxylic acids is 1. The summed E-state index contributed by atoms with van der Waals surface area (Å²) in [5.41, 5.74) is 1.26. The number of nitrogens with one attached hydrogen (secondary N) is 3. The van der Waals surface area contributed by atoms with Gasteiger partial charge in [0.05, 0.1) is 4.92 Å². The van der Waals surface area contributed by atoms with Gasteiger partial charge in [-0.2, -0.15) is 0 Å². The second kappa shape index (κ2) is 8.61. The van der Waals surface area contributed by atoms with Gasteiger partial charge in [-0.15, -0.1) is 0 Å². The minimum absolute atomic E-state index is 0.0567. The van der Waals surface area contributed by atoms with Crippen molar-refractivity contribution in [3.05, 3.63) is 70.7 Å². The molecule has 0 fully saturated rings. The van der Waals surface area contributed by atoms with Gasteiger partial charge in [0, 0.05) is 23.5 Å². The average Bonchev–Trinajstić information content (AvgIpc) is 2.76. The number of nitro groups is 1. The second-order valence-electron chi connectivity index (χ2n) is 5.80. The molecule has 0 aliphatic carbocycles. The molecule has 26 heavy (non-hydrogen) atoms. The summed E-state index contributed by atoms with van der Waals surface area (Å²) in [5, 5.41) is 20.1. The van der Waals surface area contributed by atoms with Gasteiger partial charge in [0.2, 0.25) is 11.7 Å². The number of allylic oxidation sites excluding steroid dienone is 2. The molecule has 1 aliphatic heterocycles. The lowest BCUT2D eigenvalue weighted by Crippen LogP contribution is -2.31. The van der Waals surface area contributed by atoms with Gasteiger partial charge in [-0.1, -0.05) is 12.6 Å². The second-order valence-corrected chi connectivity index (χ2v) is 5.80. The first-order chi connectivity index (χ1) is 12.4. The number of rotatable bonds is 6. The number of aliphatic imine (C=N–C) groups is 1. The molecule has 0 aromatic heterocycles. The van der Waals surface area contributed by atoms with E-state index in [1.807, 2.05) is 19.9 Å². The molecule has 1 heterocycles. The Bertz CT molecular complexity index is 809. The van der Waals surface area contributed by atoms with Crippen LogP contribution < -0.4 is 16.0 Å². The Morgan fingerprint density at radius 1 is 1.38 bits per heavy atom. The molecular weight excluding hydrogens is 334 g/mol. The third-order valence-electron chi connectivity index (χ3n) is 3.31. The van der Waals surface area contributed by atoms with E-state index in [-0.39, 0.29) is 23.5 Å². The molecule has 3 N–H and O–H groups in total. The van der Waals surface area contributed by atoms with Crippen LogP contribution in [0.15, 0.2) is 65.6 Å². The molecule has 0 unspecified atom stereocenters. The first-order valence-electron chi connectivity index (χ1n) is 8.09. The number of hydrogen-bond acceptors (Lipinski definition) is 5. The van der Waals surface area contributed by atoms with Gasteiger partial charge in [-0.3, -0.25) is 19.9 Å². The third kappa shape index (κ3) is 5.30. The summed E-state index contributed by atoms with van der Waals surface area (Å²) in [5.74, 6) is 0.474. The SMILES string of the molecule is C=CC(=O)Nc1cccc(NC2=CCC=C([N+](=O)[O-])C(=NC(C)C)N2)c1. The number of anilines is 2. The molecule has 0 saturated heterocycles. The lowest BCUT2D eigenvalue weighted by atomic mass is 10.2. The van der Waals surface area contributed by atoms with E-state index in [1.54, 1.807) is 24.3 Å². The highest BCUT2D eigenvalue weighted by Gasteiger charge is 2.22. The van der Waals surface area contributed by atoms with E-state index in [9.17, 15) is 14.9 Å². The minimum atomic E-state index is -0.448. The Hall–Kier alpha value is -3.42. The van der Waals surface area contributed by atoms with Crippen LogP contribution in [-0.4, -0.2) is 22.7 Å². The maximum absolute atomic E-state index is 11.4.